The normalized spacial score (nSPS) is 14.2. The van der Waals surface area contributed by atoms with E-state index in [-0.39, 0.29) is 11.5 Å². The molecule has 1 aliphatic heterocycles. The van der Waals surface area contributed by atoms with Crippen molar-refractivity contribution in [3.8, 4) is 29.6 Å². The monoisotopic (exact) mass is 530 g/mol. The lowest BCUT2D eigenvalue weighted by Gasteiger charge is -2.14. The Kier molecular flexibility index (Phi) is 8.03. The molecule has 0 bridgehead atoms. The van der Waals surface area contributed by atoms with Crippen LogP contribution in [-0.4, -0.2) is 49.3 Å². The second-order valence-corrected chi connectivity index (χ2v) is 8.44. The van der Waals surface area contributed by atoms with Gasteiger partial charge in [0.2, 0.25) is 5.91 Å². The molecule has 1 heterocycles. The fourth-order valence-electron chi connectivity index (χ4n) is 2.97. The summed E-state index contributed by atoms with van der Waals surface area (Å²) in [5.74, 6) is 2.44. The van der Waals surface area contributed by atoms with Crippen LogP contribution in [0.5, 0.6) is 17.2 Å². The summed E-state index contributed by atoms with van der Waals surface area (Å²) in [5.41, 5.74) is 0.921. The highest BCUT2D eigenvalue weighted by Gasteiger charge is 2.36. The Morgan fingerprint density at radius 1 is 1.21 bits per heavy atom. The summed E-state index contributed by atoms with van der Waals surface area (Å²) < 4.78 is 16.8. The first-order valence-corrected chi connectivity index (χ1v) is 11.1. The van der Waals surface area contributed by atoms with Crippen LogP contribution in [0.2, 0.25) is 0 Å². The molecule has 0 atom stereocenters. The highest BCUT2D eigenvalue weighted by molar-refractivity contribution is 9.10. The topological polar surface area (TPSA) is 94.2 Å². The van der Waals surface area contributed by atoms with E-state index in [1.807, 2.05) is 0 Å². The first-order valence-electron chi connectivity index (χ1n) is 9.50. The number of carbonyl (C=O) groups excluding carboxylic acids is 3. The predicted molar refractivity (Wildman–Crippen MR) is 129 cm³/mol. The summed E-state index contributed by atoms with van der Waals surface area (Å²) in [5, 5.41) is 2.09. The minimum atomic E-state index is -0.595. The molecule has 0 saturated carbocycles. The third-order valence-electron chi connectivity index (χ3n) is 4.41. The van der Waals surface area contributed by atoms with Gasteiger partial charge >= 0.3 is 0 Å². The lowest BCUT2D eigenvalue weighted by molar-refractivity contribution is -0.127. The van der Waals surface area contributed by atoms with E-state index in [0.717, 1.165) is 16.7 Å². The molecule has 1 saturated heterocycles. The fraction of sp³-hybridized carbons (Fsp3) is 0.174. The molecular formula is C23H19BrN2O6S. The van der Waals surface area contributed by atoms with Gasteiger partial charge in [-0.1, -0.05) is 34.0 Å². The number of benzene rings is 2. The molecule has 0 unspecified atom stereocenters. The molecule has 1 N–H and O–H groups in total. The number of methoxy groups -OCH3 is 2. The van der Waals surface area contributed by atoms with E-state index in [1.165, 1.54) is 20.3 Å². The number of halogens is 1. The van der Waals surface area contributed by atoms with E-state index in [1.54, 1.807) is 36.4 Å². The van der Waals surface area contributed by atoms with Gasteiger partial charge in [0.25, 0.3) is 11.1 Å². The Bertz CT molecular complexity index is 1170. The van der Waals surface area contributed by atoms with Crippen molar-refractivity contribution in [2.24, 2.45) is 0 Å². The van der Waals surface area contributed by atoms with Crippen LogP contribution in [0.25, 0.3) is 6.08 Å². The van der Waals surface area contributed by atoms with Gasteiger partial charge in [-0.25, -0.2) is 0 Å². The number of terminal acetylenes is 1. The average molecular weight is 531 g/mol. The van der Waals surface area contributed by atoms with Crippen molar-refractivity contribution in [1.82, 2.24) is 4.90 Å². The highest BCUT2D eigenvalue weighted by Crippen LogP contribution is 2.39. The minimum absolute atomic E-state index is 0.0105. The van der Waals surface area contributed by atoms with Crippen LogP contribution in [0.1, 0.15) is 5.56 Å². The van der Waals surface area contributed by atoms with Gasteiger partial charge in [-0.2, -0.15) is 0 Å². The minimum Gasteiger partial charge on any atom is -0.495 e. The van der Waals surface area contributed by atoms with E-state index in [2.05, 4.69) is 27.2 Å². The van der Waals surface area contributed by atoms with Gasteiger partial charge in [-0.05, 0) is 42.1 Å². The van der Waals surface area contributed by atoms with Crippen molar-refractivity contribution in [3.63, 3.8) is 0 Å². The molecule has 2 aromatic rings. The van der Waals surface area contributed by atoms with Crippen LogP contribution < -0.4 is 19.5 Å². The third-order valence-corrected chi connectivity index (χ3v) is 5.78. The number of para-hydroxylation sites is 2. The summed E-state index contributed by atoms with van der Waals surface area (Å²) in [4.78, 5) is 38.9. The number of nitrogens with zero attached hydrogens (tertiary/aromatic N) is 1. The Balaban J connectivity index is 1.82. The molecule has 8 nitrogen and oxygen atoms in total. The molecular weight excluding hydrogens is 512 g/mol. The summed E-state index contributed by atoms with van der Waals surface area (Å²) in [6.07, 6.45) is 6.80. The first-order chi connectivity index (χ1) is 15.9. The van der Waals surface area contributed by atoms with Crippen LogP contribution in [0.4, 0.5) is 10.5 Å². The molecule has 0 radical (unpaired) electrons. The van der Waals surface area contributed by atoms with Crippen molar-refractivity contribution in [2.45, 2.75) is 0 Å². The smallest absolute Gasteiger partial charge is 0.294 e. The summed E-state index contributed by atoms with van der Waals surface area (Å²) in [7, 11) is 2.95. The van der Waals surface area contributed by atoms with Gasteiger partial charge in [0.05, 0.1) is 24.8 Å². The zero-order valence-electron chi connectivity index (χ0n) is 17.7. The largest absolute Gasteiger partial charge is 0.495 e. The molecule has 1 fully saturated rings. The maximum atomic E-state index is 12.9. The maximum Gasteiger partial charge on any atom is 0.294 e. The van der Waals surface area contributed by atoms with Crippen LogP contribution >= 0.6 is 27.7 Å². The third kappa shape index (κ3) is 5.69. The molecule has 170 valence electrons. The highest BCUT2D eigenvalue weighted by atomic mass is 79.9. The molecule has 0 spiro atoms. The lowest BCUT2D eigenvalue weighted by atomic mass is 10.1. The molecule has 3 amide bonds. The predicted octanol–water partition coefficient (Wildman–Crippen LogP) is 4.15. The van der Waals surface area contributed by atoms with E-state index < -0.39 is 23.6 Å². The summed E-state index contributed by atoms with van der Waals surface area (Å²) in [6, 6.07) is 10.2. The maximum absolute atomic E-state index is 12.9. The van der Waals surface area contributed by atoms with Gasteiger partial charge in [-0.15, -0.1) is 6.42 Å². The van der Waals surface area contributed by atoms with Gasteiger partial charge in [0.1, 0.15) is 18.9 Å². The number of amides is 3. The number of ether oxygens (including phenoxy) is 3. The first kappa shape index (κ1) is 24.2. The van der Waals surface area contributed by atoms with Crippen LogP contribution in [0, 0.1) is 12.3 Å². The standard InChI is InChI=1S/C23H19BrN2O6S/c1-4-9-32-21-14(10-15(24)12-18(21)31-3)11-19-22(28)26(23(29)33-19)13-20(27)25-16-7-5-6-8-17(16)30-2/h1,5-8,10-12H,9,13H2,2-3H3,(H,25,27)/b19-11+. The molecule has 33 heavy (non-hydrogen) atoms. The second-order valence-electron chi connectivity index (χ2n) is 6.54. The number of nitrogens with one attached hydrogen (secondary N) is 1. The number of hydrogen-bond acceptors (Lipinski definition) is 7. The van der Waals surface area contributed by atoms with Gasteiger partial charge in [-0.3, -0.25) is 19.3 Å². The van der Waals surface area contributed by atoms with Crippen molar-refractivity contribution in [3.05, 3.63) is 51.3 Å². The lowest BCUT2D eigenvalue weighted by Crippen LogP contribution is -2.36. The molecule has 0 aromatic heterocycles. The average Bonchev–Trinajstić information content (AvgIpc) is 3.05. The quantitative estimate of drug-likeness (QED) is 0.404. The van der Waals surface area contributed by atoms with Crippen molar-refractivity contribution in [1.29, 1.82) is 0 Å². The van der Waals surface area contributed by atoms with Gasteiger partial charge in [0.15, 0.2) is 11.5 Å². The second kappa shape index (κ2) is 10.9. The van der Waals surface area contributed by atoms with Crippen molar-refractivity contribution >= 4 is 56.5 Å². The van der Waals surface area contributed by atoms with Crippen LogP contribution in [0.15, 0.2) is 45.8 Å². The molecule has 2 aromatic carbocycles. The molecule has 10 heteroatoms. The number of carbonyl (C=O) groups is 3. The summed E-state index contributed by atoms with van der Waals surface area (Å²) in [6.45, 7) is -0.453. The van der Waals surface area contributed by atoms with E-state index in [9.17, 15) is 14.4 Å². The fourth-order valence-corrected chi connectivity index (χ4v) is 4.26. The zero-order valence-corrected chi connectivity index (χ0v) is 20.1. The molecule has 3 rings (SSSR count). The Labute approximate surface area is 203 Å². The zero-order chi connectivity index (χ0) is 24.0. The SMILES string of the molecule is C#CCOc1c(/C=C2/SC(=O)N(CC(=O)Nc3ccccc3OC)C2=O)cc(Br)cc1OC. The van der Waals surface area contributed by atoms with Crippen LogP contribution in [-0.2, 0) is 9.59 Å². The van der Waals surface area contributed by atoms with E-state index in [0.29, 0.717) is 33.0 Å². The number of imide groups is 1. The van der Waals surface area contributed by atoms with Gasteiger partial charge < -0.3 is 19.5 Å². The Morgan fingerprint density at radius 3 is 2.64 bits per heavy atom. The number of thioether (sulfide) groups is 1. The Hall–Kier alpha value is -3.42. The van der Waals surface area contributed by atoms with Crippen molar-refractivity contribution < 1.29 is 28.6 Å². The number of hydrogen-bond donors (Lipinski definition) is 1. The van der Waals surface area contributed by atoms with Gasteiger partial charge in [0, 0.05) is 10.0 Å². The number of anilines is 1. The van der Waals surface area contributed by atoms with E-state index >= 15 is 0 Å². The molecule has 0 aliphatic carbocycles. The van der Waals surface area contributed by atoms with Crippen LogP contribution in [0.3, 0.4) is 0 Å². The Morgan fingerprint density at radius 2 is 1.94 bits per heavy atom. The van der Waals surface area contributed by atoms with E-state index in [4.69, 9.17) is 20.6 Å². The molecule has 1 aliphatic rings. The summed E-state index contributed by atoms with van der Waals surface area (Å²) >= 11 is 4.11. The number of rotatable bonds is 8. The van der Waals surface area contributed by atoms with Crippen molar-refractivity contribution in [2.75, 3.05) is 32.7 Å².